The predicted octanol–water partition coefficient (Wildman–Crippen LogP) is 4.00. The second kappa shape index (κ2) is 8.43. The number of hydrogen-bond acceptors (Lipinski definition) is 3. The van der Waals surface area contributed by atoms with E-state index >= 15 is 0 Å². The van der Waals surface area contributed by atoms with Crippen LogP contribution in [0, 0.1) is 0 Å². The summed E-state index contributed by atoms with van der Waals surface area (Å²) in [6, 6.07) is 14.3. The molecule has 0 fully saturated rings. The molecule has 0 aliphatic carbocycles. The van der Waals surface area contributed by atoms with Gasteiger partial charge in [0.15, 0.2) is 5.78 Å². The largest absolute Gasteiger partial charge is 0.325 e. The molecule has 5 nitrogen and oxygen atoms in total. The Balaban J connectivity index is 2.21. The zero-order chi connectivity index (χ0) is 19.3. The van der Waals surface area contributed by atoms with Gasteiger partial charge in [0.05, 0.1) is 0 Å². The summed E-state index contributed by atoms with van der Waals surface area (Å²) in [5.74, 6) is -0.370. The maximum absolute atomic E-state index is 12.5. The first kappa shape index (κ1) is 19.4. The summed E-state index contributed by atoms with van der Waals surface area (Å²) < 4.78 is 0. The summed E-state index contributed by atoms with van der Waals surface area (Å²) in [5, 5.41) is 2.76. The molecule has 0 aromatic heterocycles. The van der Waals surface area contributed by atoms with Gasteiger partial charge in [0, 0.05) is 23.9 Å². The van der Waals surface area contributed by atoms with E-state index in [2.05, 4.69) is 5.32 Å². The molecule has 5 heteroatoms. The molecule has 0 aliphatic rings. The number of amides is 2. The van der Waals surface area contributed by atoms with E-state index in [0.29, 0.717) is 11.3 Å². The van der Waals surface area contributed by atoms with E-state index in [1.54, 1.807) is 24.3 Å². The minimum atomic E-state index is -0.320. The molecule has 2 amide bonds. The van der Waals surface area contributed by atoms with E-state index in [9.17, 15) is 14.4 Å². The van der Waals surface area contributed by atoms with Crippen LogP contribution in [0.5, 0.6) is 0 Å². The molecular formula is C21H24N2O3. The van der Waals surface area contributed by atoms with Gasteiger partial charge < -0.3 is 10.2 Å². The normalized spacial score (nSPS) is 10.5. The van der Waals surface area contributed by atoms with Gasteiger partial charge >= 0.3 is 0 Å². The SMILES string of the molecule is CC(=O)c1cccc(NC(=O)CN(C(C)=O)c2ccccc2C(C)C)c1. The number of benzene rings is 2. The Morgan fingerprint density at radius 1 is 1.00 bits per heavy atom. The van der Waals surface area contributed by atoms with Crippen LogP contribution in [0.2, 0.25) is 0 Å². The third-order valence-corrected chi connectivity index (χ3v) is 4.08. The van der Waals surface area contributed by atoms with Crippen LogP contribution in [0.15, 0.2) is 48.5 Å². The van der Waals surface area contributed by atoms with Gasteiger partial charge in [-0.25, -0.2) is 0 Å². The molecule has 0 saturated heterocycles. The van der Waals surface area contributed by atoms with Crippen molar-refractivity contribution in [3.63, 3.8) is 0 Å². The first-order valence-electron chi connectivity index (χ1n) is 8.57. The topological polar surface area (TPSA) is 66.5 Å². The maximum Gasteiger partial charge on any atom is 0.244 e. The molecule has 0 radical (unpaired) electrons. The van der Waals surface area contributed by atoms with Crippen molar-refractivity contribution in [1.29, 1.82) is 0 Å². The number of rotatable bonds is 6. The number of Topliss-reactive ketones (excluding diaryl/α,β-unsaturated/α-hetero) is 1. The van der Waals surface area contributed by atoms with Gasteiger partial charge in [-0.2, -0.15) is 0 Å². The highest BCUT2D eigenvalue weighted by Gasteiger charge is 2.19. The van der Waals surface area contributed by atoms with Gasteiger partial charge in [-0.15, -0.1) is 0 Å². The fourth-order valence-corrected chi connectivity index (χ4v) is 2.75. The van der Waals surface area contributed by atoms with Crippen LogP contribution in [0.4, 0.5) is 11.4 Å². The van der Waals surface area contributed by atoms with E-state index in [4.69, 9.17) is 0 Å². The third kappa shape index (κ3) is 4.79. The van der Waals surface area contributed by atoms with Gasteiger partial charge in [-0.05, 0) is 36.6 Å². The Bertz CT molecular complexity index is 828. The van der Waals surface area contributed by atoms with Crippen molar-refractivity contribution in [2.45, 2.75) is 33.6 Å². The highest BCUT2D eigenvalue weighted by Crippen LogP contribution is 2.27. The third-order valence-electron chi connectivity index (χ3n) is 4.08. The van der Waals surface area contributed by atoms with Crippen molar-refractivity contribution < 1.29 is 14.4 Å². The summed E-state index contributed by atoms with van der Waals surface area (Å²) in [4.78, 5) is 37.6. The van der Waals surface area contributed by atoms with Gasteiger partial charge in [0.1, 0.15) is 6.54 Å². The Hall–Kier alpha value is -2.95. The molecule has 2 rings (SSSR count). The molecule has 0 bridgehead atoms. The predicted molar refractivity (Wildman–Crippen MR) is 104 cm³/mol. The van der Waals surface area contributed by atoms with Crippen LogP contribution < -0.4 is 10.2 Å². The number of hydrogen-bond donors (Lipinski definition) is 1. The average molecular weight is 352 g/mol. The van der Waals surface area contributed by atoms with Crippen molar-refractivity contribution in [2.75, 3.05) is 16.8 Å². The molecule has 0 heterocycles. The minimum absolute atomic E-state index is 0.0719. The van der Waals surface area contributed by atoms with Crippen LogP contribution >= 0.6 is 0 Å². The number of carbonyl (C=O) groups is 3. The fraction of sp³-hybridized carbons (Fsp3) is 0.286. The number of nitrogens with one attached hydrogen (secondary N) is 1. The molecule has 0 spiro atoms. The fourth-order valence-electron chi connectivity index (χ4n) is 2.75. The number of ketones is 1. The zero-order valence-electron chi connectivity index (χ0n) is 15.6. The minimum Gasteiger partial charge on any atom is -0.325 e. The van der Waals surface area contributed by atoms with Gasteiger partial charge in [-0.3, -0.25) is 14.4 Å². The molecule has 1 N–H and O–H groups in total. The monoisotopic (exact) mass is 352 g/mol. The molecular weight excluding hydrogens is 328 g/mol. The lowest BCUT2D eigenvalue weighted by Crippen LogP contribution is -2.37. The molecule has 0 saturated carbocycles. The van der Waals surface area contributed by atoms with Crippen LogP contribution in [0.1, 0.15) is 49.5 Å². The van der Waals surface area contributed by atoms with Crippen LogP contribution in [0.25, 0.3) is 0 Å². The van der Waals surface area contributed by atoms with Crippen LogP contribution in [0.3, 0.4) is 0 Å². The molecule has 136 valence electrons. The van der Waals surface area contributed by atoms with Crippen molar-refractivity contribution in [3.05, 3.63) is 59.7 Å². The van der Waals surface area contributed by atoms with Gasteiger partial charge in [-0.1, -0.05) is 44.2 Å². The van der Waals surface area contributed by atoms with Gasteiger partial charge in [0.25, 0.3) is 0 Å². The van der Waals surface area contributed by atoms with Crippen molar-refractivity contribution >= 4 is 29.0 Å². The number of nitrogens with zero attached hydrogens (tertiary/aromatic N) is 1. The lowest BCUT2D eigenvalue weighted by atomic mass is 10.0. The molecule has 0 aliphatic heterocycles. The maximum atomic E-state index is 12.5. The highest BCUT2D eigenvalue weighted by atomic mass is 16.2. The van der Waals surface area contributed by atoms with Crippen molar-refractivity contribution in [2.24, 2.45) is 0 Å². The lowest BCUT2D eigenvalue weighted by molar-refractivity contribution is -0.120. The summed E-state index contributed by atoms with van der Waals surface area (Å²) >= 11 is 0. The Morgan fingerprint density at radius 2 is 1.69 bits per heavy atom. The molecule has 2 aromatic carbocycles. The molecule has 0 unspecified atom stereocenters. The molecule has 26 heavy (non-hydrogen) atoms. The summed E-state index contributed by atoms with van der Waals surface area (Å²) in [6.45, 7) is 6.92. The number of carbonyl (C=O) groups excluding carboxylic acids is 3. The van der Waals surface area contributed by atoms with E-state index < -0.39 is 0 Å². The number of para-hydroxylation sites is 1. The smallest absolute Gasteiger partial charge is 0.244 e. The summed E-state index contributed by atoms with van der Waals surface area (Å²) in [7, 11) is 0. The molecule has 2 aromatic rings. The highest BCUT2D eigenvalue weighted by molar-refractivity contribution is 6.03. The van der Waals surface area contributed by atoms with Crippen molar-refractivity contribution in [1.82, 2.24) is 0 Å². The van der Waals surface area contributed by atoms with Gasteiger partial charge in [0.2, 0.25) is 11.8 Å². The van der Waals surface area contributed by atoms with Crippen LogP contribution in [-0.4, -0.2) is 24.1 Å². The zero-order valence-corrected chi connectivity index (χ0v) is 15.6. The van der Waals surface area contributed by atoms with E-state index in [1.807, 2.05) is 38.1 Å². The Morgan fingerprint density at radius 3 is 2.31 bits per heavy atom. The van der Waals surface area contributed by atoms with E-state index in [1.165, 1.54) is 18.7 Å². The Labute approximate surface area is 154 Å². The summed E-state index contributed by atoms with van der Waals surface area (Å²) in [5.41, 5.74) is 2.80. The van der Waals surface area contributed by atoms with Crippen molar-refractivity contribution in [3.8, 4) is 0 Å². The molecule has 0 atom stereocenters. The Kier molecular flexibility index (Phi) is 6.28. The average Bonchev–Trinajstić information content (AvgIpc) is 2.59. The number of anilines is 2. The van der Waals surface area contributed by atoms with E-state index in [0.717, 1.165) is 11.3 Å². The van der Waals surface area contributed by atoms with E-state index in [-0.39, 0.29) is 30.1 Å². The lowest BCUT2D eigenvalue weighted by Gasteiger charge is -2.25. The first-order valence-corrected chi connectivity index (χ1v) is 8.57. The quantitative estimate of drug-likeness (QED) is 0.799. The summed E-state index contributed by atoms with van der Waals surface area (Å²) in [6.07, 6.45) is 0. The standard InChI is InChI=1S/C21H24N2O3/c1-14(2)19-10-5-6-11-20(19)23(16(4)25)13-21(26)22-18-9-7-8-17(12-18)15(3)24/h5-12,14H,13H2,1-4H3,(H,22,26). The van der Waals surface area contributed by atoms with Crippen LogP contribution in [-0.2, 0) is 9.59 Å². The second-order valence-electron chi connectivity index (χ2n) is 6.50. The second-order valence-corrected chi connectivity index (χ2v) is 6.50. The first-order chi connectivity index (χ1) is 12.3.